The first-order valence-electron chi connectivity index (χ1n) is 5.48. The number of rotatable bonds is 4. The molecular weight excluding hydrogens is 210 g/mol. The molecule has 4 heteroatoms. The average Bonchev–Trinajstić information content (AvgIpc) is 2.12. The first kappa shape index (κ1) is 12.8. The zero-order chi connectivity index (χ0) is 11.5. The molecule has 1 unspecified atom stereocenters. The normalized spacial score (nSPS) is 25.5. The van der Waals surface area contributed by atoms with Crippen molar-refractivity contribution in [1.82, 2.24) is 4.90 Å². The number of carbonyl (C=O) groups is 1. The van der Waals surface area contributed by atoms with Gasteiger partial charge in [-0.2, -0.15) is 11.8 Å². The molecule has 3 nitrogen and oxygen atoms in total. The lowest BCUT2D eigenvalue weighted by Crippen LogP contribution is -2.45. The Morgan fingerprint density at radius 3 is 2.73 bits per heavy atom. The predicted molar refractivity (Wildman–Crippen MR) is 64.4 cm³/mol. The third-order valence-electron chi connectivity index (χ3n) is 2.85. The molecule has 88 valence electrons. The first-order valence-corrected chi connectivity index (χ1v) is 6.63. The largest absolute Gasteiger partial charge is 0.480 e. The van der Waals surface area contributed by atoms with Crippen LogP contribution in [0.1, 0.15) is 27.2 Å². The van der Waals surface area contributed by atoms with E-state index in [1.54, 1.807) is 0 Å². The van der Waals surface area contributed by atoms with Crippen LogP contribution in [0, 0.1) is 5.41 Å². The van der Waals surface area contributed by atoms with Crippen molar-refractivity contribution in [2.45, 2.75) is 33.2 Å². The molecular formula is C11H21NO2S. The molecule has 1 aliphatic heterocycles. The highest BCUT2D eigenvalue weighted by atomic mass is 32.2. The van der Waals surface area contributed by atoms with Gasteiger partial charge in [-0.3, -0.25) is 9.69 Å². The summed E-state index contributed by atoms with van der Waals surface area (Å²) in [5.74, 6) is 1.55. The summed E-state index contributed by atoms with van der Waals surface area (Å²) in [4.78, 5) is 12.8. The van der Waals surface area contributed by atoms with Crippen molar-refractivity contribution in [3.05, 3.63) is 0 Å². The van der Waals surface area contributed by atoms with E-state index in [1.807, 2.05) is 18.7 Å². The van der Waals surface area contributed by atoms with E-state index in [0.29, 0.717) is 11.5 Å². The molecule has 0 saturated carbocycles. The van der Waals surface area contributed by atoms with Gasteiger partial charge in [0.1, 0.15) is 0 Å². The smallest absolute Gasteiger partial charge is 0.317 e. The van der Waals surface area contributed by atoms with Crippen molar-refractivity contribution in [3.63, 3.8) is 0 Å². The first-order chi connectivity index (χ1) is 6.94. The van der Waals surface area contributed by atoms with Gasteiger partial charge in [-0.1, -0.05) is 20.8 Å². The van der Waals surface area contributed by atoms with E-state index in [4.69, 9.17) is 5.11 Å². The molecule has 0 spiro atoms. The van der Waals surface area contributed by atoms with Crippen molar-refractivity contribution in [2.24, 2.45) is 5.41 Å². The highest BCUT2D eigenvalue weighted by molar-refractivity contribution is 7.99. The number of hydrogen-bond donors (Lipinski definition) is 1. The summed E-state index contributed by atoms with van der Waals surface area (Å²) in [6.07, 6.45) is 1.11. The van der Waals surface area contributed by atoms with Crippen LogP contribution in [0.5, 0.6) is 0 Å². The lowest BCUT2D eigenvalue weighted by Gasteiger charge is -2.40. The zero-order valence-corrected chi connectivity index (χ0v) is 10.6. The molecule has 1 aliphatic rings. The number of hydrogen-bond acceptors (Lipinski definition) is 3. The lowest BCUT2D eigenvalue weighted by atomic mass is 9.87. The number of thioether (sulfide) groups is 1. The molecule has 0 amide bonds. The summed E-state index contributed by atoms with van der Waals surface area (Å²) in [6, 6.07) is 0.430. The van der Waals surface area contributed by atoms with Gasteiger partial charge in [-0.15, -0.1) is 0 Å². The van der Waals surface area contributed by atoms with Crippen LogP contribution in [0.4, 0.5) is 0 Å². The van der Waals surface area contributed by atoms with E-state index in [0.717, 1.165) is 18.7 Å². The molecule has 1 saturated heterocycles. The Hall–Kier alpha value is -0.220. The minimum absolute atomic E-state index is 0.178. The van der Waals surface area contributed by atoms with Gasteiger partial charge in [0.25, 0.3) is 0 Å². The van der Waals surface area contributed by atoms with Crippen LogP contribution in [-0.2, 0) is 4.79 Å². The molecule has 1 heterocycles. The van der Waals surface area contributed by atoms with Crippen LogP contribution < -0.4 is 0 Å². The van der Waals surface area contributed by atoms with Crippen molar-refractivity contribution in [2.75, 3.05) is 24.6 Å². The van der Waals surface area contributed by atoms with Crippen LogP contribution >= 0.6 is 11.8 Å². The molecule has 1 atom stereocenters. The number of carboxylic acids is 1. The minimum atomic E-state index is -0.717. The SMILES string of the molecule is CCN(CC(=O)O)C1CSCC(C)(C)C1. The van der Waals surface area contributed by atoms with Crippen molar-refractivity contribution in [3.8, 4) is 0 Å². The van der Waals surface area contributed by atoms with Crippen LogP contribution in [-0.4, -0.2) is 46.6 Å². The molecule has 1 rings (SSSR count). The number of carboxylic acid groups (broad SMARTS) is 1. The Morgan fingerprint density at radius 1 is 1.60 bits per heavy atom. The van der Waals surface area contributed by atoms with E-state index >= 15 is 0 Å². The summed E-state index contributed by atoms with van der Waals surface area (Å²) >= 11 is 1.95. The van der Waals surface area contributed by atoms with E-state index < -0.39 is 5.97 Å². The second-order valence-corrected chi connectivity index (χ2v) is 6.02. The Bertz CT molecular complexity index is 231. The quantitative estimate of drug-likeness (QED) is 0.802. The maximum atomic E-state index is 10.7. The Kier molecular flexibility index (Phi) is 4.46. The molecule has 1 N–H and O–H groups in total. The average molecular weight is 231 g/mol. The monoisotopic (exact) mass is 231 g/mol. The number of nitrogens with zero attached hydrogens (tertiary/aromatic N) is 1. The fourth-order valence-corrected chi connectivity index (χ4v) is 3.52. The molecule has 0 aliphatic carbocycles. The Balaban J connectivity index is 2.56. The third kappa shape index (κ3) is 4.03. The van der Waals surface area contributed by atoms with Crippen LogP contribution in [0.15, 0.2) is 0 Å². The van der Waals surface area contributed by atoms with Gasteiger partial charge in [0.2, 0.25) is 0 Å². The van der Waals surface area contributed by atoms with Gasteiger partial charge in [-0.05, 0) is 24.1 Å². The number of likely N-dealkylation sites (N-methyl/N-ethyl adjacent to an activating group) is 1. The minimum Gasteiger partial charge on any atom is -0.480 e. The van der Waals surface area contributed by atoms with Crippen LogP contribution in [0.3, 0.4) is 0 Å². The maximum absolute atomic E-state index is 10.7. The van der Waals surface area contributed by atoms with E-state index in [9.17, 15) is 4.79 Å². The highest BCUT2D eigenvalue weighted by Crippen LogP contribution is 2.35. The Labute approximate surface area is 96.2 Å². The summed E-state index contributed by atoms with van der Waals surface area (Å²) in [6.45, 7) is 7.57. The van der Waals surface area contributed by atoms with Crippen molar-refractivity contribution >= 4 is 17.7 Å². The van der Waals surface area contributed by atoms with E-state index in [2.05, 4.69) is 18.7 Å². The van der Waals surface area contributed by atoms with Crippen LogP contribution in [0.25, 0.3) is 0 Å². The van der Waals surface area contributed by atoms with Gasteiger partial charge in [0, 0.05) is 11.8 Å². The molecule has 0 bridgehead atoms. The zero-order valence-electron chi connectivity index (χ0n) is 9.82. The predicted octanol–water partition coefficient (Wildman–Crippen LogP) is 1.92. The summed E-state index contributed by atoms with van der Waals surface area (Å²) in [5, 5.41) is 8.83. The van der Waals surface area contributed by atoms with Gasteiger partial charge < -0.3 is 5.11 Å². The van der Waals surface area contributed by atoms with Crippen molar-refractivity contribution in [1.29, 1.82) is 0 Å². The summed E-state index contributed by atoms with van der Waals surface area (Å²) in [7, 11) is 0. The highest BCUT2D eigenvalue weighted by Gasteiger charge is 2.31. The fourth-order valence-electron chi connectivity index (χ4n) is 2.13. The van der Waals surface area contributed by atoms with Gasteiger partial charge >= 0.3 is 5.97 Å². The van der Waals surface area contributed by atoms with Gasteiger partial charge in [0.15, 0.2) is 0 Å². The lowest BCUT2D eigenvalue weighted by molar-refractivity contribution is -0.138. The molecule has 15 heavy (non-hydrogen) atoms. The van der Waals surface area contributed by atoms with E-state index in [-0.39, 0.29) is 6.54 Å². The second kappa shape index (κ2) is 5.21. The molecule has 0 aromatic carbocycles. The molecule has 0 aromatic heterocycles. The summed E-state index contributed by atoms with van der Waals surface area (Å²) in [5.41, 5.74) is 0.347. The van der Waals surface area contributed by atoms with E-state index in [1.165, 1.54) is 5.75 Å². The fraction of sp³-hybridized carbons (Fsp3) is 0.909. The molecule has 0 aromatic rings. The Morgan fingerprint density at radius 2 is 2.27 bits per heavy atom. The van der Waals surface area contributed by atoms with Crippen LogP contribution in [0.2, 0.25) is 0 Å². The van der Waals surface area contributed by atoms with Crippen molar-refractivity contribution < 1.29 is 9.90 Å². The third-order valence-corrected chi connectivity index (χ3v) is 4.46. The maximum Gasteiger partial charge on any atom is 0.317 e. The second-order valence-electron chi connectivity index (χ2n) is 4.99. The van der Waals surface area contributed by atoms with Gasteiger partial charge in [0.05, 0.1) is 6.54 Å². The number of aliphatic carboxylic acids is 1. The standard InChI is InChI=1S/C11H21NO2S/c1-4-12(6-10(13)14)9-5-11(2,3)8-15-7-9/h9H,4-8H2,1-3H3,(H,13,14). The van der Waals surface area contributed by atoms with Gasteiger partial charge in [-0.25, -0.2) is 0 Å². The summed E-state index contributed by atoms with van der Waals surface area (Å²) < 4.78 is 0. The molecule has 1 fully saturated rings. The molecule has 0 radical (unpaired) electrons. The topological polar surface area (TPSA) is 40.5 Å².